The lowest BCUT2D eigenvalue weighted by Gasteiger charge is -2.10. The summed E-state index contributed by atoms with van der Waals surface area (Å²) in [5.41, 5.74) is 0. The van der Waals surface area contributed by atoms with Gasteiger partial charge in [-0.25, -0.2) is 0 Å². The van der Waals surface area contributed by atoms with Crippen LogP contribution in [0.15, 0.2) is 0 Å². The van der Waals surface area contributed by atoms with E-state index < -0.39 is 5.79 Å². The van der Waals surface area contributed by atoms with Crippen molar-refractivity contribution in [2.24, 2.45) is 5.92 Å². The van der Waals surface area contributed by atoms with Gasteiger partial charge in [0.2, 0.25) is 5.79 Å². The van der Waals surface area contributed by atoms with E-state index in [4.69, 9.17) is 9.84 Å². The number of hydrogen-bond donors (Lipinski definition) is 1. The van der Waals surface area contributed by atoms with Gasteiger partial charge in [0.25, 0.3) is 0 Å². The van der Waals surface area contributed by atoms with Gasteiger partial charge < -0.3 is 9.84 Å². The topological polar surface area (TPSA) is 46.5 Å². The highest BCUT2D eigenvalue weighted by atomic mass is 16.7. The third-order valence-electron chi connectivity index (χ3n) is 1.44. The maximum Gasteiger partial charge on any atom is 0.310 e. The highest BCUT2D eigenvalue weighted by molar-refractivity contribution is 5.72. The normalized spacial score (nSPS) is 20.8. The predicted molar refractivity (Wildman–Crippen MR) is 35.1 cm³/mol. The largest absolute Gasteiger partial charge is 0.433 e. The Morgan fingerprint density at radius 2 is 2.10 bits per heavy atom. The smallest absolute Gasteiger partial charge is 0.310 e. The molecule has 0 spiro atoms. The van der Waals surface area contributed by atoms with Crippen LogP contribution in [0.1, 0.15) is 26.7 Å². The molecule has 0 aromatic carbocycles. The molecule has 0 aliphatic heterocycles. The Balaban J connectivity index is 2.31. The number of carbonyl (C=O) groups is 1. The van der Waals surface area contributed by atoms with Crippen molar-refractivity contribution in [2.45, 2.75) is 32.5 Å². The quantitative estimate of drug-likeness (QED) is 0.457. The first-order valence-corrected chi connectivity index (χ1v) is 3.49. The van der Waals surface area contributed by atoms with Gasteiger partial charge in [0.05, 0.1) is 5.92 Å². The van der Waals surface area contributed by atoms with Crippen LogP contribution in [-0.4, -0.2) is 16.9 Å². The molecule has 0 aromatic rings. The number of esters is 1. The molecule has 0 atom stereocenters. The molecule has 1 aliphatic rings. The highest BCUT2D eigenvalue weighted by Gasteiger charge is 2.45. The fourth-order valence-corrected chi connectivity index (χ4v) is 0.514. The van der Waals surface area contributed by atoms with E-state index in [0.717, 1.165) is 0 Å². The van der Waals surface area contributed by atoms with Crippen LogP contribution in [0.3, 0.4) is 0 Å². The average molecular weight is 144 g/mol. The van der Waals surface area contributed by atoms with Crippen molar-refractivity contribution >= 4 is 5.97 Å². The molecule has 0 radical (unpaired) electrons. The Kier molecular flexibility index (Phi) is 1.68. The van der Waals surface area contributed by atoms with Crippen molar-refractivity contribution in [1.29, 1.82) is 0 Å². The van der Waals surface area contributed by atoms with E-state index in [9.17, 15) is 4.79 Å². The fourth-order valence-electron chi connectivity index (χ4n) is 0.514. The molecular weight excluding hydrogens is 132 g/mol. The van der Waals surface area contributed by atoms with E-state index in [1.54, 1.807) is 13.8 Å². The van der Waals surface area contributed by atoms with Crippen molar-refractivity contribution < 1.29 is 14.6 Å². The van der Waals surface area contributed by atoms with Crippen molar-refractivity contribution in [2.75, 3.05) is 0 Å². The molecule has 0 heterocycles. The lowest BCUT2D eigenvalue weighted by atomic mass is 10.2. The highest BCUT2D eigenvalue weighted by Crippen LogP contribution is 2.36. The van der Waals surface area contributed by atoms with Crippen LogP contribution < -0.4 is 0 Å². The second-order valence-corrected chi connectivity index (χ2v) is 3.02. The van der Waals surface area contributed by atoms with Crippen LogP contribution in [0.2, 0.25) is 0 Å². The standard InChI is InChI=1S/C7H12O3/c1-5(2)6(8)10-7(9)3-4-7/h5,9H,3-4H2,1-2H3. The van der Waals surface area contributed by atoms with Gasteiger partial charge in [-0.15, -0.1) is 0 Å². The minimum absolute atomic E-state index is 0.148. The summed E-state index contributed by atoms with van der Waals surface area (Å²) in [5, 5.41) is 9.10. The zero-order valence-electron chi connectivity index (χ0n) is 6.26. The summed E-state index contributed by atoms with van der Waals surface area (Å²) in [6.45, 7) is 3.49. The Bertz CT molecular complexity index is 147. The first-order valence-electron chi connectivity index (χ1n) is 3.49. The maximum atomic E-state index is 10.8. The predicted octanol–water partition coefficient (Wildman–Crippen LogP) is 0.668. The van der Waals surface area contributed by atoms with Crippen LogP contribution >= 0.6 is 0 Å². The summed E-state index contributed by atoms with van der Waals surface area (Å²) in [4.78, 5) is 10.8. The van der Waals surface area contributed by atoms with Gasteiger partial charge in [0.15, 0.2) is 0 Å². The summed E-state index contributed by atoms with van der Waals surface area (Å²) in [5.74, 6) is -1.56. The van der Waals surface area contributed by atoms with E-state index in [-0.39, 0.29) is 11.9 Å². The molecular formula is C7H12O3. The maximum absolute atomic E-state index is 10.8. The molecule has 0 amide bonds. The SMILES string of the molecule is CC(C)C(=O)OC1(O)CC1. The van der Waals surface area contributed by atoms with E-state index in [0.29, 0.717) is 12.8 Å². The van der Waals surface area contributed by atoms with E-state index in [1.165, 1.54) is 0 Å². The van der Waals surface area contributed by atoms with Crippen LogP contribution in [0.5, 0.6) is 0 Å². The number of carbonyl (C=O) groups excluding carboxylic acids is 1. The van der Waals surface area contributed by atoms with Crippen LogP contribution in [0.4, 0.5) is 0 Å². The summed E-state index contributed by atoms with van der Waals surface area (Å²) in [6, 6.07) is 0. The molecule has 1 aliphatic carbocycles. The number of ether oxygens (including phenoxy) is 1. The summed E-state index contributed by atoms with van der Waals surface area (Å²) >= 11 is 0. The lowest BCUT2D eigenvalue weighted by Crippen LogP contribution is -2.22. The number of aliphatic hydroxyl groups is 1. The Morgan fingerprint density at radius 3 is 2.40 bits per heavy atom. The molecule has 1 rings (SSSR count). The molecule has 0 bridgehead atoms. The van der Waals surface area contributed by atoms with E-state index in [2.05, 4.69) is 0 Å². The van der Waals surface area contributed by atoms with Crippen molar-refractivity contribution in [3.05, 3.63) is 0 Å². The molecule has 0 saturated heterocycles. The molecule has 0 unspecified atom stereocenters. The molecule has 1 N–H and O–H groups in total. The molecule has 58 valence electrons. The van der Waals surface area contributed by atoms with E-state index in [1.807, 2.05) is 0 Å². The number of rotatable bonds is 2. The molecule has 3 nitrogen and oxygen atoms in total. The minimum atomic E-state index is -1.10. The first-order chi connectivity index (χ1) is 4.53. The lowest BCUT2D eigenvalue weighted by molar-refractivity contribution is -0.178. The van der Waals surface area contributed by atoms with Crippen molar-refractivity contribution in [3.8, 4) is 0 Å². The number of hydrogen-bond acceptors (Lipinski definition) is 3. The molecule has 0 aromatic heterocycles. The van der Waals surface area contributed by atoms with Gasteiger partial charge >= 0.3 is 5.97 Å². The first kappa shape index (κ1) is 7.54. The van der Waals surface area contributed by atoms with Crippen LogP contribution in [-0.2, 0) is 9.53 Å². The Morgan fingerprint density at radius 1 is 1.60 bits per heavy atom. The molecule has 1 saturated carbocycles. The monoisotopic (exact) mass is 144 g/mol. The van der Waals surface area contributed by atoms with Gasteiger partial charge in [-0.2, -0.15) is 0 Å². The van der Waals surface area contributed by atoms with Gasteiger partial charge in [-0.05, 0) is 0 Å². The van der Waals surface area contributed by atoms with Gasteiger partial charge in [-0.3, -0.25) is 4.79 Å². The van der Waals surface area contributed by atoms with Crippen LogP contribution in [0, 0.1) is 5.92 Å². The Labute approximate surface area is 60.0 Å². The van der Waals surface area contributed by atoms with Gasteiger partial charge in [-0.1, -0.05) is 13.8 Å². The second kappa shape index (κ2) is 2.23. The fraction of sp³-hybridized carbons (Fsp3) is 0.857. The molecule has 3 heteroatoms. The van der Waals surface area contributed by atoms with Crippen molar-refractivity contribution in [1.82, 2.24) is 0 Å². The summed E-state index contributed by atoms with van der Waals surface area (Å²) in [6.07, 6.45) is 1.18. The Hall–Kier alpha value is -0.570. The summed E-state index contributed by atoms with van der Waals surface area (Å²) < 4.78 is 4.73. The van der Waals surface area contributed by atoms with E-state index >= 15 is 0 Å². The van der Waals surface area contributed by atoms with Crippen molar-refractivity contribution in [3.63, 3.8) is 0 Å². The van der Waals surface area contributed by atoms with Gasteiger partial charge in [0.1, 0.15) is 0 Å². The zero-order valence-corrected chi connectivity index (χ0v) is 6.26. The van der Waals surface area contributed by atoms with Crippen LogP contribution in [0.25, 0.3) is 0 Å². The second-order valence-electron chi connectivity index (χ2n) is 3.02. The minimum Gasteiger partial charge on any atom is -0.433 e. The third-order valence-corrected chi connectivity index (χ3v) is 1.44. The average Bonchev–Trinajstić information content (AvgIpc) is 2.47. The molecule has 1 fully saturated rings. The zero-order chi connectivity index (χ0) is 7.78. The van der Waals surface area contributed by atoms with Gasteiger partial charge in [0, 0.05) is 12.8 Å². The third kappa shape index (κ3) is 1.70. The molecule has 10 heavy (non-hydrogen) atoms. The summed E-state index contributed by atoms with van der Waals surface area (Å²) in [7, 11) is 0.